The van der Waals surface area contributed by atoms with Crippen LogP contribution in [0.1, 0.15) is 29.2 Å². The Labute approximate surface area is 172 Å². The van der Waals surface area contributed by atoms with Crippen molar-refractivity contribution in [2.75, 3.05) is 5.32 Å². The van der Waals surface area contributed by atoms with Gasteiger partial charge in [0.2, 0.25) is 5.91 Å². The number of benzene rings is 1. The lowest BCUT2D eigenvalue weighted by Crippen LogP contribution is -2.41. The van der Waals surface area contributed by atoms with Crippen LogP contribution in [0.2, 0.25) is 0 Å². The van der Waals surface area contributed by atoms with Crippen molar-refractivity contribution in [1.29, 1.82) is 0 Å². The second kappa shape index (κ2) is 7.49. The molecule has 1 amide bonds. The Morgan fingerprint density at radius 2 is 1.74 bits per heavy atom. The molecule has 166 valence electrons. The average molecular weight is 446 g/mol. The minimum Gasteiger partial charge on any atom is -0.390 e. The highest BCUT2D eigenvalue weighted by Crippen LogP contribution is 2.49. The summed E-state index contributed by atoms with van der Waals surface area (Å²) in [5.74, 6) is -2.42. The first-order chi connectivity index (χ1) is 14.4. The van der Waals surface area contributed by atoms with Crippen LogP contribution in [0.15, 0.2) is 42.6 Å². The zero-order chi connectivity index (χ0) is 22.6. The van der Waals surface area contributed by atoms with Crippen molar-refractivity contribution in [1.82, 2.24) is 4.98 Å². The van der Waals surface area contributed by atoms with E-state index in [0.717, 1.165) is 36.5 Å². The third kappa shape index (κ3) is 4.11. The highest BCUT2D eigenvalue weighted by atomic mass is 19.4. The van der Waals surface area contributed by atoms with E-state index in [4.69, 9.17) is 4.74 Å². The SMILES string of the molecule is O=C(Nc1ccc(C(F)(F)F)cc1)[C@@H]1[C@@H](c2ccnc(C(F)(F)F)c2)[C@H]2O[C@@H]1C[C@@H]2O. The van der Waals surface area contributed by atoms with Crippen LogP contribution in [0.25, 0.3) is 0 Å². The number of aromatic nitrogens is 1. The van der Waals surface area contributed by atoms with Crippen LogP contribution in [0.5, 0.6) is 0 Å². The number of aliphatic hydroxyl groups excluding tert-OH is 1. The number of aliphatic hydroxyl groups is 1. The molecule has 0 saturated carbocycles. The molecule has 0 unspecified atom stereocenters. The third-order valence-electron chi connectivity index (χ3n) is 5.57. The summed E-state index contributed by atoms with van der Waals surface area (Å²) in [6.07, 6.45) is -10.7. The summed E-state index contributed by atoms with van der Waals surface area (Å²) in [6.45, 7) is 0. The number of nitrogens with one attached hydrogen (secondary N) is 1. The lowest BCUT2D eigenvalue weighted by atomic mass is 9.74. The number of alkyl halides is 6. The number of anilines is 1. The molecule has 1 aromatic heterocycles. The number of carbonyl (C=O) groups is 1. The number of rotatable bonds is 3. The van der Waals surface area contributed by atoms with E-state index in [1.54, 1.807) is 0 Å². The lowest BCUT2D eigenvalue weighted by molar-refractivity contribution is -0.141. The van der Waals surface area contributed by atoms with Crippen molar-refractivity contribution in [2.45, 2.75) is 43.0 Å². The molecule has 0 spiro atoms. The monoisotopic (exact) mass is 446 g/mol. The van der Waals surface area contributed by atoms with Crippen molar-refractivity contribution in [3.63, 3.8) is 0 Å². The first-order valence-electron chi connectivity index (χ1n) is 9.30. The molecule has 31 heavy (non-hydrogen) atoms. The molecule has 2 aromatic rings. The molecule has 0 aliphatic carbocycles. The van der Waals surface area contributed by atoms with Crippen LogP contribution in [0.4, 0.5) is 32.0 Å². The molecule has 2 aliphatic rings. The first kappa shape index (κ1) is 21.6. The van der Waals surface area contributed by atoms with Gasteiger partial charge in [0.1, 0.15) is 5.69 Å². The van der Waals surface area contributed by atoms with Crippen molar-refractivity contribution in [3.05, 3.63) is 59.4 Å². The highest BCUT2D eigenvalue weighted by molar-refractivity contribution is 5.94. The molecule has 0 radical (unpaired) electrons. The van der Waals surface area contributed by atoms with E-state index in [1.165, 1.54) is 6.07 Å². The fourth-order valence-corrected chi connectivity index (χ4v) is 4.22. The maximum absolute atomic E-state index is 13.1. The molecule has 2 fully saturated rings. The molecule has 5 nitrogen and oxygen atoms in total. The standard InChI is InChI=1S/C20H16F6N2O3/c21-19(22,23)10-1-3-11(4-2-10)28-18(30)16-13-8-12(29)17(31-13)15(16)9-5-6-27-14(7-9)20(24,25)26/h1-7,12-13,15-17,29H,8H2,(H,28,30)/t12-,13+,15+,16-,17-/m0/s1. The van der Waals surface area contributed by atoms with Gasteiger partial charge in [0, 0.05) is 24.2 Å². The number of amides is 1. The fraction of sp³-hybridized carbons (Fsp3) is 0.400. The van der Waals surface area contributed by atoms with Gasteiger partial charge in [-0.2, -0.15) is 26.3 Å². The Balaban J connectivity index is 1.60. The predicted molar refractivity (Wildman–Crippen MR) is 94.8 cm³/mol. The van der Waals surface area contributed by atoms with E-state index in [2.05, 4.69) is 10.3 Å². The van der Waals surface area contributed by atoms with Crippen LogP contribution in [-0.4, -0.2) is 34.3 Å². The molecule has 2 N–H and O–H groups in total. The molecule has 11 heteroatoms. The summed E-state index contributed by atoms with van der Waals surface area (Å²) in [5, 5.41) is 12.7. The van der Waals surface area contributed by atoms with E-state index >= 15 is 0 Å². The van der Waals surface area contributed by atoms with Crippen LogP contribution >= 0.6 is 0 Å². The van der Waals surface area contributed by atoms with Crippen molar-refractivity contribution in [2.24, 2.45) is 5.92 Å². The quantitative estimate of drug-likeness (QED) is 0.700. The van der Waals surface area contributed by atoms with Gasteiger partial charge in [-0.3, -0.25) is 9.78 Å². The molecule has 3 heterocycles. The predicted octanol–water partition coefficient (Wildman–Crippen LogP) is 3.99. The Morgan fingerprint density at radius 3 is 2.35 bits per heavy atom. The average Bonchev–Trinajstić information content (AvgIpc) is 3.24. The number of hydrogen-bond acceptors (Lipinski definition) is 4. The van der Waals surface area contributed by atoms with E-state index in [1.807, 2.05) is 0 Å². The van der Waals surface area contributed by atoms with Gasteiger partial charge in [0.05, 0.1) is 29.8 Å². The van der Waals surface area contributed by atoms with Gasteiger partial charge in [-0.15, -0.1) is 0 Å². The molecule has 4 rings (SSSR count). The Morgan fingerprint density at radius 1 is 1.06 bits per heavy atom. The Kier molecular flexibility index (Phi) is 5.21. The minimum absolute atomic E-state index is 0.103. The summed E-state index contributed by atoms with van der Waals surface area (Å²) in [7, 11) is 0. The van der Waals surface area contributed by atoms with Crippen molar-refractivity contribution >= 4 is 11.6 Å². The molecular weight excluding hydrogens is 430 g/mol. The van der Waals surface area contributed by atoms with E-state index in [9.17, 15) is 36.2 Å². The third-order valence-corrected chi connectivity index (χ3v) is 5.57. The lowest BCUT2D eigenvalue weighted by Gasteiger charge is -2.30. The summed E-state index contributed by atoms with van der Waals surface area (Å²) in [4.78, 5) is 16.2. The van der Waals surface area contributed by atoms with E-state index < -0.39 is 59.7 Å². The van der Waals surface area contributed by atoms with Gasteiger partial charge in [0.15, 0.2) is 0 Å². The van der Waals surface area contributed by atoms with Crippen molar-refractivity contribution < 1.29 is 41.0 Å². The topological polar surface area (TPSA) is 71.5 Å². The van der Waals surface area contributed by atoms with Crippen molar-refractivity contribution in [3.8, 4) is 0 Å². The highest BCUT2D eigenvalue weighted by Gasteiger charge is 2.57. The van der Waals surface area contributed by atoms with Gasteiger partial charge in [0.25, 0.3) is 0 Å². The van der Waals surface area contributed by atoms with Crippen LogP contribution in [0, 0.1) is 5.92 Å². The van der Waals surface area contributed by atoms with E-state index in [0.29, 0.717) is 0 Å². The molecule has 2 bridgehead atoms. The maximum Gasteiger partial charge on any atom is 0.433 e. The maximum atomic E-state index is 13.1. The molecule has 5 atom stereocenters. The second-order valence-corrected chi connectivity index (χ2v) is 7.53. The number of pyridine rings is 1. The number of ether oxygens (including phenoxy) is 1. The molecule has 2 aliphatic heterocycles. The molecular formula is C20H16F6N2O3. The molecule has 2 saturated heterocycles. The number of hydrogen-bond donors (Lipinski definition) is 2. The number of nitrogens with zero attached hydrogens (tertiary/aromatic N) is 1. The minimum atomic E-state index is -4.69. The van der Waals surface area contributed by atoms with Gasteiger partial charge >= 0.3 is 12.4 Å². The Bertz CT molecular complexity index is 976. The largest absolute Gasteiger partial charge is 0.433 e. The van der Waals surface area contributed by atoms with Gasteiger partial charge in [-0.1, -0.05) is 0 Å². The zero-order valence-corrected chi connectivity index (χ0v) is 15.6. The van der Waals surface area contributed by atoms with Gasteiger partial charge in [-0.25, -0.2) is 0 Å². The number of carbonyl (C=O) groups excluding carboxylic acids is 1. The van der Waals surface area contributed by atoms with Crippen LogP contribution < -0.4 is 5.32 Å². The van der Waals surface area contributed by atoms with Gasteiger partial charge in [-0.05, 0) is 42.0 Å². The first-order valence-corrected chi connectivity index (χ1v) is 9.30. The van der Waals surface area contributed by atoms with Crippen LogP contribution in [0.3, 0.4) is 0 Å². The molecule has 1 aromatic carbocycles. The summed E-state index contributed by atoms with van der Waals surface area (Å²) in [5.41, 5.74) is -1.78. The summed E-state index contributed by atoms with van der Waals surface area (Å²) >= 11 is 0. The Hall–Kier alpha value is -2.66. The fourth-order valence-electron chi connectivity index (χ4n) is 4.22. The normalized spacial score (nSPS) is 28.0. The number of fused-ring (bicyclic) bond motifs is 2. The van der Waals surface area contributed by atoms with E-state index in [-0.39, 0.29) is 17.7 Å². The summed E-state index contributed by atoms with van der Waals surface area (Å²) < 4.78 is 83.0. The van der Waals surface area contributed by atoms with Crippen LogP contribution in [-0.2, 0) is 21.9 Å². The number of halogens is 6. The zero-order valence-electron chi connectivity index (χ0n) is 15.6. The summed E-state index contributed by atoms with van der Waals surface area (Å²) in [6, 6.07) is 5.95. The smallest absolute Gasteiger partial charge is 0.390 e. The second-order valence-electron chi connectivity index (χ2n) is 7.53. The van der Waals surface area contributed by atoms with Gasteiger partial charge < -0.3 is 15.2 Å².